The lowest BCUT2D eigenvalue weighted by molar-refractivity contribution is 0.0453. The molecule has 142 valence electrons. The Bertz CT molecular complexity index is 825. The van der Waals surface area contributed by atoms with Crippen molar-refractivity contribution in [1.82, 2.24) is 35.7 Å². The van der Waals surface area contributed by atoms with E-state index in [0.29, 0.717) is 37.7 Å². The van der Waals surface area contributed by atoms with Gasteiger partial charge in [0.05, 0.1) is 13.1 Å². The Morgan fingerprint density at radius 3 is 2.93 bits per heavy atom. The van der Waals surface area contributed by atoms with E-state index in [-0.39, 0.29) is 18.7 Å². The summed E-state index contributed by atoms with van der Waals surface area (Å²) in [6, 6.07) is 3.48. The number of hydrogen-bond acceptors (Lipinski definition) is 6. The maximum absolute atomic E-state index is 12.5. The molecule has 2 aliphatic rings. The van der Waals surface area contributed by atoms with Crippen LogP contribution in [0.1, 0.15) is 25.1 Å². The zero-order chi connectivity index (χ0) is 18.7. The summed E-state index contributed by atoms with van der Waals surface area (Å²) in [7, 11) is 0. The normalized spacial score (nSPS) is 22.2. The quantitative estimate of drug-likeness (QED) is 0.740. The van der Waals surface area contributed by atoms with E-state index in [2.05, 4.69) is 30.8 Å². The number of urea groups is 1. The van der Waals surface area contributed by atoms with Crippen molar-refractivity contribution in [2.75, 3.05) is 19.6 Å². The third-order valence-electron chi connectivity index (χ3n) is 4.93. The number of aromatic nitrogens is 4. The van der Waals surface area contributed by atoms with Gasteiger partial charge in [0.15, 0.2) is 5.82 Å². The molecular weight excluding hydrogens is 350 g/mol. The smallest absolute Gasteiger partial charge is 0.407 e. The molecule has 27 heavy (non-hydrogen) atoms. The summed E-state index contributed by atoms with van der Waals surface area (Å²) in [5.41, 5.74) is 0.382. The highest BCUT2D eigenvalue weighted by atomic mass is 16.6. The van der Waals surface area contributed by atoms with Gasteiger partial charge in [-0.1, -0.05) is 0 Å². The largest absolute Gasteiger partial charge is 0.441 e. The molecule has 4 rings (SSSR count). The lowest BCUT2D eigenvalue weighted by atomic mass is 9.95. The number of rotatable bonds is 3. The molecule has 4 heterocycles. The minimum absolute atomic E-state index is 0.161. The van der Waals surface area contributed by atoms with Gasteiger partial charge in [-0.25, -0.2) is 14.6 Å². The summed E-state index contributed by atoms with van der Waals surface area (Å²) in [5.74, 6) is 1.14. The molecule has 2 aliphatic heterocycles. The summed E-state index contributed by atoms with van der Waals surface area (Å²) in [6.07, 6.45) is 5.16. The van der Waals surface area contributed by atoms with Crippen LogP contribution in [0.4, 0.5) is 9.59 Å². The second kappa shape index (κ2) is 7.22. The van der Waals surface area contributed by atoms with Crippen molar-refractivity contribution >= 4 is 12.1 Å². The van der Waals surface area contributed by atoms with Gasteiger partial charge < -0.3 is 20.3 Å². The van der Waals surface area contributed by atoms with Gasteiger partial charge >= 0.3 is 12.1 Å². The van der Waals surface area contributed by atoms with Crippen molar-refractivity contribution in [2.45, 2.75) is 31.4 Å². The third-order valence-corrected chi connectivity index (χ3v) is 4.93. The number of likely N-dealkylation sites (tertiary alicyclic amines) is 1. The Morgan fingerprint density at radius 1 is 1.30 bits per heavy atom. The van der Waals surface area contributed by atoms with Crippen LogP contribution in [0, 0.1) is 0 Å². The third kappa shape index (κ3) is 3.83. The van der Waals surface area contributed by atoms with Gasteiger partial charge in [0.25, 0.3) is 0 Å². The fourth-order valence-electron chi connectivity index (χ4n) is 3.43. The van der Waals surface area contributed by atoms with Crippen LogP contribution in [0.15, 0.2) is 24.5 Å². The van der Waals surface area contributed by atoms with E-state index < -0.39 is 5.60 Å². The van der Waals surface area contributed by atoms with Crippen molar-refractivity contribution in [3.05, 3.63) is 30.4 Å². The van der Waals surface area contributed by atoms with Crippen LogP contribution >= 0.6 is 0 Å². The predicted octanol–water partition coefficient (Wildman–Crippen LogP) is 1.04. The number of hydrogen-bond donors (Lipinski definition) is 3. The molecule has 0 aliphatic carbocycles. The highest BCUT2D eigenvalue weighted by Gasteiger charge is 2.41. The number of nitrogens with zero attached hydrogens (tertiary/aromatic N) is 4. The van der Waals surface area contributed by atoms with Crippen LogP contribution in [0.2, 0.25) is 0 Å². The molecule has 3 N–H and O–H groups in total. The van der Waals surface area contributed by atoms with Crippen molar-refractivity contribution in [2.24, 2.45) is 0 Å². The second-order valence-electron chi connectivity index (χ2n) is 6.77. The number of ether oxygens (including phenoxy) is 1. The molecule has 2 saturated heterocycles. The molecule has 10 nitrogen and oxygen atoms in total. The lowest BCUT2D eigenvalue weighted by Crippen LogP contribution is -2.41. The first-order valence-corrected chi connectivity index (χ1v) is 8.95. The number of amides is 3. The molecule has 1 atom stereocenters. The van der Waals surface area contributed by atoms with Gasteiger partial charge in [0.1, 0.15) is 11.4 Å². The SMILES string of the molecule is O=C1NC[C@@]2(CCCN(C(=O)NCc3nc(-c4ccncc4)n[nH]3)CC2)O1. The summed E-state index contributed by atoms with van der Waals surface area (Å²) < 4.78 is 5.44. The summed E-state index contributed by atoms with van der Waals surface area (Å²) >= 11 is 0. The molecule has 3 amide bonds. The molecule has 2 fully saturated rings. The molecule has 0 radical (unpaired) electrons. The molecular formula is C17H21N7O3. The van der Waals surface area contributed by atoms with Crippen LogP contribution in [-0.2, 0) is 11.3 Å². The number of carbonyl (C=O) groups is 2. The lowest BCUT2D eigenvalue weighted by Gasteiger charge is -2.25. The Labute approximate surface area is 155 Å². The predicted molar refractivity (Wildman–Crippen MR) is 94.5 cm³/mol. The van der Waals surface area contributed by atoms with Gasteiger partial charge in [-0.3, -0.25) is 10.1 Å². The molecule has 0 saturated carbocycles. The minimum Gasteiger partial charge on any atom is -0.441 e. The average Bonchev–Trinajstić information content (AvgIpc) is 3.24. The maximum Gasteiger partial charge on any atom is 0.407 e. The number of carbonyl (C=O) groups excluding carboxylic acids is 2. The zero-order valence-electron chi connectivity index (χ0n) is 14.8. The Kier molecular flexibility index (Phi) is 4.61. The molecule has 1 spiro atoms. The molecule has 10 heteroatoms. The van der Waals surface area contributed by atoms with E-state index in [4.69, 9.17) is 4.74 Å². The van der Waals surface area contributed by atoms with Crippen molar-refractivity contribution in [1.29, 1.82) is 0 Å². The van der Waals surface area contributed by atoms with E-state index in [1.165, 1.54) is 0 Å². The van der Waals surface area contributed by atoms with Gasteiger partial charge in [-0.15, -0.1) is 0 Å². The van der Waals surface area contributed by atoms with Crippen LogP contribution < -0.4 is 10.6 Å². The summed E-state index contributed by atoms with van der Waals surface area (Å²) in [5, 5.41) is 12.6. The molecule has 0 aromatic carbocycles. The first kappa shape index (κ1) is 17.3. The van der Waals surface area contributed by atoms with Crippen LogP contribution in [-0.4, -0.2) is 62.4 Å². The number of alkyl carbamates (subject to hydrolysis) is 1. The molecule has 0 bridgehead atoms. The number of H-pyrrole nitrogens is 1. The van der Waals surface area contributed by atoms with E-state index in [9.17, 15) is 9.59 Å². The Balaban J connectivity index is 1.31. The Hall–Kier alpha value is -3.17. The highest BCUT2D eigenvalue weighted by molar-refractivity contribution is 5.74. The number of aromatic amines is 1. The molecule has 2 aromatic heterocycles. The van der Waals surface area contributed by atoms with Gasteiger partial charge in [0, 0.05) is 37.5 Å². The minimum atomic E-state index is -0.476. The van der Waals surface area contributed by atoms with E-state index in [1.54, 1.807) is 17.3 Å². The fraction of sp³-hybridized carbons (Fsp3) is 0.471. The summed E-state index contributed by atoms with van der Waals surface area (Å²) in [6.45, 7) is 1.94. The fourth-order valence-corrected chi connectivity index (χ4v) is 3.43. The van der Waals surface area contributed by atoms with Crippen molar-refractivity contribution in [3.8, 4) is 11.4 Å². The van der Waals surface area contributed by atoms with E-state index in [0.717, 1.165) is 18.4 Å². The average molecular weight is 371 g/mol. The second-order valence-corrected chi connectivity index (χ2v) is 6.77. The number of pyridine rings is 1. The van der Waals surface area contributed by atoms with Crippen LogP contribution in [0.3, 0.4) is 0 Å². The van der Waals surface area contributed by atoms with Crippen LogP contribution in [0.5, 0.6) is 0 Å². The van der Waals surface area contributed by atoms with Crippen LogP contribution in [0.25, 0.3) is 11.4 Å². The van der Waals surface area contributed by atoms with Crippen molar-refractivity contribution < 1.29 is 14.3 Å². The first-order valence-electron chi connectivity index (χ1n) is 8.95. The standard InChI is InChI=1S/C17H21N7O3/c25-15(24-8-1-4-17(5-9-24)11-20-16(26)27-17)19-10-13-21-14(23-22-13)12-2-6-18-7-3-12/h2-3,6-7H,1,4-5,8-11H2,(H,19,25)(H,20,26)(H,21,22,23)/t17-/m0/s1. The maximum atomic E-state index is 12.5. The monoisotopic (exact) mass is 371 g/mol. The van der Waals surface area contributed by atoms with E-state index in [1.807, 2.05) is 12.1 Å². The zero-order valence-corrected chi connectivity index (χ0v) is 14.8. The van der Waals surface area contributed by atoms with E-state index >= 15 is 0 Å². The molecule has 0 unspecified atom stereocenters. The highest BCUT2D eigenvalue weighted by Crippen LogP contribution is 2.29. The summed E-state index contributed by atoms with van der Waals surface area (Å²) in [4.78, 5) is 34.0. The molecule has 2 aromatic rings. The van der Waals surface area contributed by atoms with Gasteiger partial charge in [0.2, 0.25) is 0 Å². The Morgan fingerprint density at radius 2 is 2.15 bits per heavy atom. The first-order chi connectivity index (χ1) is 13.1. The number of nitrogens with one attached hydrogen (secondary N) is 3. The topological polar surface area (TPSA) is 125 Å². The van der Waals surface area contributed by atoms with Crippen molar-refractivity contribution in [3.63, 3.8) is 0 Å². The van der Waals surface area contributed by atoms with Gasteiger partial charge in [-0.2, -0.15) is 5.10 Å². The van der Waals surface area contributed by atoms with Gasteiger partial charge in [-0.05, 0) is 25.0 Å².